The number of benzene rings is 2. The summed E-state index contributed by atoms with van der Waals surface area (Å²) in [6, 6.07) is 16.4. The Balaban J connectivity index is 1.97. The number of nitrogens with one attached hydrogen (secondary N) is 1. The van der Waals surface area contributed by atoms with E-state index in [1.54, 1.807) is 12.1 Å². The summed E-state index contributed by atoms with van der Waals surface area (Å²) in [7, 11) is 1.45. The van der Waals surface area contributed by atoms with Gasteiger partial charge in [0.15, 0.2) is 6.10 Å². The van der Waals surface area contributed by atoms with Gasteiger partial charge in [-0.1, -0.05) is 42.5 Å². The van der Waals surface area contributed by atoms with Crippen molar-refractivity contribution in [1.82, 2.24) is 5.32 Å². The maximum absolute atomic E-state index is 12.4. The molecule has 0 saturated heterocycles. The van der Waals surface area contributed by atoms with Gasteiger partial charge in [0.05, 0.1) is 12.5 Å². The topological polar surface area (TPSA) is 84.9 Å². The molecule has 0 aliphatic carbocycles. The first-order chi connectivity index (χ1) is 13.0. The number of hydrogen-bond donors (Lipinski definition) is 2. The van der Waals surface area contributed by atoms with Gasteiger partial charge in [0.2, 0.25) is 0 Å². The van der Waals surface area contributed by atoms with Gasteiger partial charge in [-0.2, -0.15) is 0 Å². The van der Waals surface area contributed by atoms with Crippen molar-refractivity contribution in [2.24, 2.45) is 5.92 Å². The molecular formula is C21H25NO5. The van der Waals surface area contributed by atoms with E-state index in [0.29, 0.717) is 13.0 Å². The van der Waals surface area contributed by atoms with Gasteiger partial charge in [0, 0.05) is 13.7 Å². The Bertz CT molecular complexity index is 730. The molecule has 2 atom stereocenters. The zero-order valence-electron chi connectivity index (χ0n) is 15.6. The molecule has 27 heavy (non-hydrogen) atoms. The molecule has 0 fully saturated rings. The first kappa shape index (κ1) is 20.5. The summed E-state index contributed by atoms with van der Waals surface area (Å²) in [6.07, 6.45) is -0.462. The number of rotatable bonds is 10. The van der Waals surface area contributed by atoms with Gasteiger partial charge in [0.1, 0.15) is 5.75 Å². The third-order valence-corrected chi connectivity index (χ3v) is 4.16. The van der Waals surface area contributed by atoms with Crippen molar-refractivity contribution in [2.75, 3.05) is 20.3 Å². The minimum atomic E-state index is -0.960. The highest BCUT2D eigenvalue weighted by Gasteiger charge is 2.23. The molecule has 2 aromatic rings. The smallest absolute Gasteiger partial charge is 0.308 e. The Kier molecular flexibility index (Phi) is 7.82. The lowest BCUT2D eigenvalue weighted by molar-refractivity contribution is -0.142. The Labute approximate surface area is 159 Å². The minimum absolute atomic E-state index is 0.0219. The van der Waals surface area contributed by atoms with E-state index in [2.05, 4.69) is 5.32 Å². The number of ether oxygens (including phenoxy) is 2. The molecule has 0 heterocycles. The van der Waals surface area contributed by atoms with Crippen LogP contribution >= 0.6 is 0 Å². The fourth-order valence-corrected chi connectivity index (χ4v) is 2.76. The summed E-state index contributed by atoms with van der Waals surface area (Å²) in [5.41, 5.74) is 1.59. The van der Waals surface area contributed by atoms with Gasteiger partial charge in [-0.15, -0.1) is 0 Å². The average Bonchev–Trinajstić information content (AvgIpc) is 2.68. The van der Waals surface area contributed by atoms with Crippen LogP contribution in [0.25, 0.3) is 0 Å². The fourth-order valence-electron chi connectivity index (χ4n) is 2.76. The molecule has 2 N–H and O–H groups in total. The first-order valence-electron chi connectivity index (χ1n) is 8.85. The molecule has 144 valence electrons. The number of carboxylic acid groups (broad SMARTS) is 1. The zero-order valence-corrected chi connectivity index (χ0v) is 15.6. The molecule has 1 amide bonds. The van der Waals surface area contributed by atoms with Crippen LogP contribution in [0.3, 0.4) is 0 Å². The van der Waals surface area contributed by atoms with Gasteiger partial charge in [-0.3, -0.25) is 9.59 Å². The van der Waals surface area contributed by atoms with E-state index in [9.17, 15) is 14.7 Å². The zero-order chi connectivity index (χ0) is 19.6. The highest BCUT2D eigenvalue weighted by molar-refractivity contribution is 5.82. The monoisotopic (exact) mass is 371 g/mol. The number of aliphatic carboxylic acids is 1. The van der Waals surface area contributed by atoms with E-state index < -0.39 is 18.0 Å². The van der Waals surface area contributed by atoms with Crippen molar-refractivity contribution in [2.45, 2.75) is 19.4 Å². The average molecular weight is 371 g/mol. The van der Waals surface area contributed by atoms with Gasteiger partial charge < -0.3 is 19.9 Å². The molecule has 1 unspecified atom stereocenters. The maximum Gasteiger partial charge on any atom is 0.308 e. The molecular weight excluding hydrogens is 346 g/mol. The number of methoxy groups -OCH3 is 1. The van der Waals surface area contributed by atoms with E-state index >= 15 is 0 Å². The molecule has 2 rings (SSSR count). The fraction of sp³-hybridized carbons (Fsp3) is 0.333. The largest absolute Gasteiger partial charge is 0.494 e. The van der Waals surface area contributed by atoms with Crippen LogP contribution in [0.1, 0.15) is 24.2 Å². The second-order valence-corrected chi connectivity index (χ2v) is 6.09. The summed E-state index contributed by atoms with van der Waals surface area (Å²) in [5.74, 6) is -1.31. The van der Waals surface area contributed by atoms with E-state index in [1.165, 1.54) is 7.11 Å². The molecule has 2 aromatic carbocycles. The third kappa shape index (κ3) is 6.11. The van der Waals surface area contributed by atoms with E-state index in [1.807, 2.05) is 49.4 Å². The lowest BCUT2D eigenvalue weighted by atomic mass is 9.99. The molecule has 0 aliphatic heterocycles. The second-order valence-electron chi connectivity index (χ2n) is 6.09. The van der Waals surface area contributed by atoms with Crippen molar-refractivity contribution in [3.8, 4) is 5.75 Å². The Morgan fingerprint density at radius 1 is 1.07 bits per heavy atom. The molecule has 0 aliphatic rings. The summed E-state index contributed by atoms with van der Waals surface area (Å²) in [4.78, 5) is 24.0. The van der Waals surface area contributed by atoms with Crippen LogP contribution in [0.15, 0.2) is 54.6 Å². The second kappa shape index (κ2) is 10.3. The summed E-state index contributed by atoms with van der Waals surface area (Å²) in [5, 5.41) is 12.2. The number of carboxylic acids is 1. The normalized spacial score (nSPS) is 12.8. The van der Waals surface area contributed by atoms with Crippen molar-refractivity contribution < 1.29 is 24.2 Å². The van der Waals surface area contributed by atoms with Crippen molar-refractivity contribution in [1.29, 1.82) is 0 Å². The van der Waals surface area contributed by atoms with Crippen molar-refractivity contribution in [3.63, 3.8) is 0 Å². The van der Waals surface area contributed by atoms with Crippen LogP contribution in [-0.2, 0) is 20.7 Å². The van der Waals surface area contributed by atoms with Crippen LogP contribution < -0.4 is 10.1 Å². The Morgan fingerprint density at radius 2 is 1.74 bits per heavy atom. The lowest BCUT2D eigenvalue weighted by Gasteiger charge is -2.18. The van der Waals surface area contributed by atoms with E-state index in [0.717, 1.165) is 16.9 Å². The summed E-state index contributed by atoms with van der Waals surface area (Å²) >= 11 is 0. The minimum Gasteiger partial charge on any atom is -0.494 e. The van der Waals surface area contributed by atoms with E-state index in [-0.39, 0.29) is 12.5 Å². The number of carbonyl (C=O) groups excluding carboxylic acids is 1. The van der Waals surface area contributed by atoms with Crippen molar-refractivity contribution in [3.05, 3.63) is 65.7 Å². The third-order valence-electron chi connectivity index (χ3n) is 4.16. The maximum atomic E-state index is 12.4. The molecule has 0 radical (unpaired) electrons. The van der Waals surface area contributed by atoms with Gasteiger partial charge in [0.25, 0.3) is 5.91 Å². The molecule has 0 aromatic heterocycles. The van der Waals surface area contributed by atoms with E-state index in [4.69, 9.17) is 9.47 Å². The Hall–Kier alpha value is -2.86. The van der Waals surface area contributed by atoms with Crippen LogP contribution in [0.5, 0.6) is 5.75 Å². The van der Waals surface area contributed by atoms with Crippen LogP contribution in [0.2, 0.25) is 0 Å². The Morgan fingerprint density at radius 3 is 2.30 bits per heavy atom. The SMILES string of the molecule is CCOc1ccc(CC(CNC(=O)[C@H](OC)c2ccccc2)C(=O)O)cc1. The highest BCUT2D eigenvalue weighted by Crippen LogP contribution is 2.18. The van der Waals surface area contributed by atoms with Crippen LogP contribution in [-0.4, -0.2) is 37.2 Å². The van der Waals surface area contributed by atoms with Crippen LogP contribution in [0, 0.1) is 5.92 Å². The van der Waals surface area contributed by atoms with Gasteiger partial charge >= 0.3 is 5.97 Å². The quantitative estimate of drug-likeness (QED) is 0.671. The highest BCUT2D eigenvalue weighted by atomic mass is 16.5. The van der Waals surface area contributed by atoms with Gasteiger partial charge in [-0.05, 0) is 36.6 Å². The predicted molar refractivity (Wildman–Crippen MR) is 102 cm³/mol. The predicted octanol–water partition coefficient (Wildman–Crippen LogP) is 2.83. The standard InChI is InChI=1S/C21H25NO5/c1-3-27-18-11-9-15(10-12-18)13-17(21(24)25)14-22-20(23)19(26-2)16-7-5-4-6-8-16/h4-12,17,19H,3,13-14H2,1-2H3,(H,22,23)(H,24,25)/t17?,19-/m1/s1. The van der Waals surface area contributed by atoms with Gasteiger partial charge in [-0.25, -0.2) is 0 Å². The first-order valence-corrected chi connectivity index (χ1v) is 8.85. The molecule has 0 spiro atoms. The van der Waals surface area contributed by atoms with Crippen molar-refractivity contribution >= 4 is 11.9 Å². The molecule has 6 nitrogen and oxygen atoms in total. The lowest BCUT2D eigenvalue weighted by Crippen LogP contribution is -2.37. The van der Waals surface area contributed by atoms with Crippen LogP contribution in [0.4, 0.5) is 0 Å². The number of amides is 1. The molecule has 6 heteroatoms. The molecule has 0 bridgehead atoms. The number of carbonyl (C=O) groups is 2. The number of hydrogen-bond acceptors (Lipinski definition) is 4. The summed E-state index contributed by atoms with van der Waals surface area (Å²) < 4.78 is 10.7. The summed E-state index contributed by atoms with van der Waals surface area (Å²) in [6.45, 7) is 2.50. The molecule has 0 saturated carbocycles.